The molecule has 1 saturated heterocycles. The summed E-state index contributed by atoms with van der Waals surface area (Å²) in [5.74, 6) is 1.35. The lowest BCUT2D eigenvalue weighted by atomic mass is 10.1. The molecule has 0 unspecified atom stereocenters. The molecule has 158 valence electrons. The number of rotatable bonds is 7. The number of methoxy groups -OCH3 is 1. The molecule has 8 nitrogen and oxygen atoms in total. The van der Waals surface area contributed by atoms with Crippen LogP contribution in [0.15, 0.2) is 42.6 Å². The Kier molecular flexibility index (Phi) is 6.15. The van der Waals surface area contributed by atoms with Crippen LogP contribution >= 0.6 is 0 Å². The Labute approximate surface area is 176 Å². The second kappa shape index (κ2) is 9.15. The van der Waals surface area contributed by atoms with Crippen LogP contribution in [0.5, 0.6) is 0 Å². The summed E-state index contributed by atoms with van der Waals surface area (Å²) >= 11 is 0. The van der Waals surface area contributed by atoms with Gasteiger partial charge >= 0.3 is 0 Å². The van der Waals surface area contributed by atoms with Crippen LogP contribution in [0.4, 0.5) is 17.2 Å². The minimum absolute atomic E-state index is 0.567. The number of nitrogen functional groups attached to an aromatic ring is 1. The van der Waals surface area contributed by atoms with Crippen LogP contribution in [0.1, 0.15) is 5.56 Å². The highest BCUT2D eigenvalue weighted by atomic mass is 16.5. The van der Waals surface area contributed by atoms with E-state index in [0.717, 1.165) is 30.0 Å². The molecule has 3 aromatic rings. The minimum atomic E-state index is 0.567. The SMILES string of the molecule is COCCNc1nc(-n2ccc(-c3cccc(C)c3)n2)cc(N2CCOCC2)c1N. The number of anilines is 3. The summed E-state index contributed by atoms with van der Waals surface area (Å²) in [4.78, 5) is 6.98. The number of ether oxygens (including phenoxy) is 2. The average Bonchev–Trinajstić information content (AvgIpc) is 3.26. The Bertz CT molecular complexity index is 997. The molecule has 1 fully saturated rings. The zero-order valence-corrected chi connectivity index (χ0v) is 17.5. The van der Waals surface area contributed by atoms with Gasteiger partial charge in [-0.1, -0.05) is 23.8 Å². The van der Waals surface area contributed by atoms with E-state index in [1.807, 2.05) is 24.4 Å². The molecule has 8 heteroatoms. The van der Waals surface area contributed by atoms with E-state index >= 15 is 0 Å². The highest BCUT2D eigenvalue weighted by molar-refractivity contribution is 5.80. The van der Waals surface area contributed by atoms with Crippen LogP contribution in [0.2, 0.25) is 0 Å². The summed E-state index contributed by atoms with van der Waals surface area (Å²) in [6, 6.07) is 12.3. The van der Waals surface area contributed by atoms with Crippen molar-refractivity contribution in [1.29, 1.82) is 0 Å². The van der Waals surface area contributed by atoms with Gasteiger partial charge in [0.2, 0.25) is 0 Å². The Hall–Kier alpha value is -3.10. The second-order valence-electron chi connectivity index (χ2n) is 7.30. The lowest BCUT2D eigenvalue weighted by Gasteiger charge is -2.30. The molecule has 0 bridgehead atoms. The van der Waals surface area contributed by atoms with Crippen LogP contribution in [0, 0.1) is 6.92 Å². The van der Waals surface area contributed by atoms with E-state index in [9.17, 15) is 0 Å². The zero-order chi connectivity index (χ0) is 20.9. The van der Waals surface area contributed by atoms with Crippen molar-refractivity contribution in [3.63, 3.8) is 0 Å². The predicted octanol–water partition coefficient (Wildman–Crippen LogP) is 2.72. The lowest BCUT2D eigenvalue weighted by Crippen LogP contribution is -2.37. The number of aryl methyl sites for hydroxylation is 1. The van der Waals surface area contributed by atoms with Gasteiger partial charge in [0.1, 0.15) is 0 Å². The summed E-state index contributed by atoms with van der Waals surface area (Å²) in [5.41, 5.74) is 11.2. The molecule has 1 aromatic carbocycles. The molecule has 1 aliphatic heterocycles. The fraction of sp³-hybridized carbons (Fsp3) is 0.364. The van der Waals surface area contributed by atoms with E-state index < -0.39 is 0 Å². The topological polar surface area (TPSA) is 90.5 Å². The molecule has 3 heterocycles. The van der Waals surface area contributed by atoms with Crippen LogP contribution in [-0.4, -0.2) is 61.3 Å². The van der Waals surface area contributed by atoms with E-state index in [0.29, 0.717) is 43.7 Å². The molecule has 0 atom stereocenters. The Morgan fingerprint density at radius 2 is 2.03 bits per heavy atom. The molecular formula is C22H28N6O2. The number of aromatic nitrogens is 3. The van der Waals surface area contributed by atoms with Gasteiger partial charge in [-0.25, -0.2) is 9.67 Å². The number of nitrogens with one attached hydrogen (secondary N) is 1. The normalized spacial score (nSPS) is 14.1. The van der Waals surface area contributed by atoms with Crippen molar-refractivity contribution in [1.82, 2.24) is 14.8 Å². The van der Waals surface area contributed by atoms with E-state index in [1.54, 1.807) is 11.8 Å². The first-order chi connectivity index (χ1) is 14.7. The standard InChI is InChI=1S/C22H28N6O2/c1-16-4-3-5-17(14-16)18-6-8-28(26-18)20-15-19(27-9-12-30-13-10-27)21(23)22(25-20)24-7-11-29-2/h3-6,8,14-15H,7,9-13,23H2,1-2H3,(H,24,25). The fourth-order valence-electron chi connectivity index (χ4n) is 3.53. The third kappa shape index (κ3) is 4.39. The maximum atomic E-state index is 6.48. The molecule has 30 heavy (non-hydrogen) atoms. The van der Waals surface area contributed by atoms with Gasteiger partial charge in [-0.05, 0) is 19.1 Å². The largest absolute Gasteiger partial charge is 0.394 e. The van der Waals surface area contributed by atoms with Crippen molar-refractivity contribution < 1.29 is 9.47 Å². The molecule has 0 spiro atoms. The van der Waals surface area contributed by atoms with E-state index in [4.69, 9.17) is 25.3 Å². The fourth-order valence-corrected chi connectivity index (χ4v) is 3.53. The molecule has 1 aliphatic rings. The average molecular weight is 409 g/mol. The van der Waals surface area contributed by atoms with E-state index in [1.165, 1.54) is 5.56 Å². The molecule has 4 rings (SSSR count). The highest BCUT2D eigenvalue weighted by Crippen LogP contribution is 2.32. The summed E-state index contributed by atoms with van der Waals surface area (Å²) in [6.45, 7) is 6.21. The molecule has 2 aromatic heterocycles. The monoisotopic (exact) mass is 408 g/mol. The first-order valence-corrected chi connectivity index (χ1v) is 10.1. The maximum Gasteiger partial charge on any atom is 0.157 e. The van der Waals surface area contributed by atoms with Gasteiger partial charge in [-0.3, -0.25) is 0 Å². The summed E-state index contributed by atoms with van der Waals surface area (Å²) in [7, 11) is 1.67. The molecular weight excluding hydrogens is 380 g/mol. The van der Waals surface area contributed by atoms with Gasteiger partial charge < -0.3 is 25.4 Å². The second-order valence-corrected chi connectivity index (χ2v) is 7.30. The first-order valence-electron chi connectivity index (χ1n) is 10.1. The smallest absolute Gasteiger partial charge is 0.157 e. The maximum absolute atomic E-state index is 6.48. The van der Waals surface area contributed by atoms with Crippen molar-refractivity contribution in [2.24, 2.45) is 0 Å². The molecule has 0 radical (unpaired) electrons. The van der Waals surface area contributed by atoms with Crippen molar-refractivity contribution in [2.75, 3.05) is 62.5 Å². The van der Waals surface area contributed by atoms with Crippen LogP contribution in [0.3, 0.4) is 0 Å². The van der Waals surface area contributed by atoms with Gasteiger partial charge in [0.15, 0.2) is 11.6 Å². The van der Waals surface area contributed by atoms with E-state index in [2.05, 4.69) is 35.3 Å². The van der Waals surface area contributed by atoms with Crippen LogP contribution < -0.4 is 16.0 Å². The Morgan fingerprint density at radius 3 is 2.80 bits per heavy atom. The first kappa shape index (κ1) is 20.2. The molecule has 0 saturated carbocycles. The van der Waals surface area contributed by atoms with Crippen molar-refractivity contribution in [2.45, 2.75) is 6.92 Å². The summed E-state index contributed by atoms with van der Waals surface area (Å²) in [5, 5.41) is 8.05. The molecule has 0 amide bonds. The quantitative estimate of drug-likeness (QED) is 0.581. The van der Waals surface area contributed by atoms with Crippen molar-refractivity contribution in [3.05, 3.63) is 48.2 Å². The number of pyridine rings is 1. The summed E-state index contributed by atoms with van der Waals surface area (Å²) < 4.78 is 12.4. The third-order valence-corrected chi connectivity index (χ3v) is 5.11. The van der Waals surface area contributed by atoms with Gasteiger partial charge in [-0.2, -0.15) is 5.10 Å². The number of nitrogens with two attached hydrogens (primary N) is 1. The predicted molar refractivity (Wildman–Crippen MR) is 119 cm³/mol. The number of hydrogen-bond donors (Lipinski definition) is 2. The number of morpholine rings is 1. The number of hydrogen-bond acceptors (Lipinski definition) is 7. The number of nitrogens with zero attached hydrogens (tertiary/aromatic N) is 4. The molecule has 0 aliphatic carbocycles. The zero-order valence-electron chi connectivity index (χ0n) is 17.5. The summed E-state index contributed by atoms with van der Waals surface area (Å²) in [6.07, 6.45) is 1.93. The van der Waals surface area contributed by atoms with Crippen LogP contribution in [-0.2, 0) is 9.47 Å². The minimum Gasteiger partial charge on any atom is -0.394 e. The highest BCUT2D eigenvalue weighted by Gasteiger charge is 2.19. The Morgan fingerprint density at radius 1 is 1.20 bits per heavy atom. The Balaban J connectivity index is 1.70. The van der Waals surface area contributed by atoms with Gasteiger partial charge in [0.05, 0.1) is 36.9 Å². The lowest BCUT2D eigenvalue weighted by molar-refractivity contribution is 0.123. The molecule has 3 N–H and O–H groups in total. The van der Waals surface area contributed by atoms with Gasteiger partial charge in [0.25, 0.3) is 0 Å². The van der Waals surface area contributed by atoms with Crippen LogP contribution in [0.25, 0.3) is 17.1 Å². The van der Waals surface area contributed by atoms with E-state index in [-0.39, 0.29) is 0 Å². The van der Waals surface area contributed by atoms with Crippen molar-refractivity contribution >= 4 is 17.2 Å². The number of benzene rings is 1. The van der Waals surface area contributed by atoms with Gasteiger partial charge in [-0.15, -0.1) is 0 Å². The van der Waals surface area contributed by atoms with Crippen molar-refractivity contribution in [3.8, 4) is 17.1 Å². The van der Waals surface area contributed by atoms with Gasteiger partial charge in [0, 0.05) is 44.6 Å². The third-order valence-electron chi connectivity index (χ3n) is 5.11.